The van der Waals surface area contributed by atoms with Crippen LogP contribution in [0.15, 0.2) is 41.2 Å². The predicted molar refractivity (Wildman–Crippen MR) is 120 cm³/mol. The Bertz CT molecular complexity index is 1410. The monoisotopic (exact) mass is 470 g/mol. The highest BCUT2D eigenvalue weighted by Crippen LogP contribution is 2.29. The van der Waals surface area contributed by atoms with Gasteiger partial charge in [-0.2, -0.15) is 23.2 Å². The minimum atomic E-state index is -3.04. The molecule has 0 fully saturated rings. The van der Waals surface area contributed by atoms with Crippen LogP contribution in [0.25, 0.3) is 11.4 Å². The number of benzene rings is 2. The molecular formula is C23H24F2N6O3. The molecule has 0 bridgehead atoms. The Morgan fingerprint density at radius 2 is 1.76 bits per heavy atom. The van der Waals surface area contributed by atoms with E-state index in [1.54, 1.807) is 12.1 Å². The fourth-order valence-electron chi connectivity index (χ4n) is 3.62. The first kappa shape index (κ1) is 23.1. The van der Waals surface area contributed by atoms with Crippen molar-refractivity contribution in [3.63, 3.8) is 0 Å². The van der Waals surface area contributed by atoms with E-state index >= 15 is 0 Å². The molecule has 2 aromatic carbocycles. The highest BCUT2D eigenvalue weighted by atomic mass is 19.3. The fourth-order valence-corrected chi connectivity index (χ4v) is 3.62. The molecule has 0 saturated heterocycles. The second-order valence-corrected chi connectivity index (χ2v) is 7.88. The van der Waals surface area contributed by atoms with Crippen molar-refractivity contribution in [3.05, 3.63) is 75.0 Å². The number of tetrazole rings is 1. The molecule has 0 spiro atoms. The molecule has 0 unspecified atom stereocenters. The van der Waals surface area contributed by atoms with Crippen LogP contribution in [-0.4, -0.2) is 36.2 Å². The zero-order valence-corrected chi connectivity index (χ0v) is 19.4. The molecular weight excluding hydrogens is 446 g/mol. The molecule has 0 amide bonds. The third-order valence-corrected chi connectivity index (χ3v) is 5.70. The Kier molecular flexibility index (Phi) is 6.18. The molecule has 34 heavy (non-hydrogen) atoms. The SMILES string of the molecule is Cc1cc(-n2nc(C)c(C)c2C)ccc1OCc1c(OC(F)F)cccc1-n1nnn(C)c1=O. The summed E-state index contributed by atoms with van der Waals surface area (Å²) >= 11 is 0. The molecule has 0 saturated carbocycles. The quantitative estimate of drug-likeness (QED) is 0.410. The summed E-state index contributed by atoms with van der Waals surface area (Å²) in [7, 11) is 1.44. The molecule has 0 atom stereocenters. The Labute approximate surface area is 194 Å². The average Bonchev–Trinajstić information content (AvgIpc) is 3.26. The second kappa shape index (κ2) is 9.08. The van der Waals surface area contributed by atoms with E-state index in [4.69, 9.17) is 4.74 Å². The molecule has 0 aliphatic heterocycles. The smallest absolute Gasteiger partial charge is 0.387 e. The largest absolute Gasteiger partial charge is 0.488 e. The summed E-state index contributed by atoms with van der Waals surface area (Å²) in [5, 5.41) is 12.1. The summed E-state index contributed by atoms with van der Waals surface area (Å²) < 4.78 is 40.7. The predicted octanol–water partition coefficient (Wildman–Crippen LogP) is 3.57. The first-order chi connectivity index (χ1) is 16.2. The van der Waals surface area contributed by atoms with Gasteiger partial charge >= 0.3 is 12.3 Å². The van der Waals surface area contributed by atoms with Gasteiger partial charge in [0.25, 0.3) is 0 Å². The summed E-state index contributed by atoms with van der Waals surface area (Å²) in [6.45, 7) is 4.69. The Morgan fingerprint density at radius 3 is 2.35 bits per heavy atom. The van der Waals surface area contributed by atoms with Crippen molar-refractivity contribution in [3.8, 4) is 22.9 Å². The van der Waals surface area contributed by atoms with E-state index in [9.17, 15) is 13.6 Å². The molecule has 178 valence electrons. The van der Waals surface area contributed by atoms with Gasteiger partial charge in [0.15, 0.2) is 0 Å². The van der Waals surface area contributed by atoms with Crippen LogP contribution in [0, 0.1) is 27.7 Å². The van der Waals surface area contributed by atoms with Crippen LogP contribution < -0.4 is 15.2 Å². The highest BCUT2D eigenvalue weighted by molar-refractivity contribution is 5.50. The van der Waals surface area contributed by atoms with Crippen molar-refractivity contribution >= 4 is 0 Å². The van der Waals surface area contributed by atoms with Gasteiger partial charge in [0, 0.05) is 12.7 Å². The summed E-state index contributed by atoms with van der Waals surface area (Å²) in [4.78, 5) is 12.4. The second-order valence-electron chi connectivity index (χ2n) is 7.88. The first-order valence-corrected chi connectivity index (χ1v) is 10.5. The lowest BCUT2D eigenvalue weighted by Crippen LogP contribution is -2.23. The zero-order chi connectivity index (χ0) is 24.6. The number of aryl methyl sites for hydroxylation is 3. The number of nitrogens with zero attached hydrogens (tertiary/aromatic N) is 6. The lowest BCUT2D eigenvalue weighted by atomic mass is 10.1. The molecule has 11 heteroatoms. The zero-order valence-electron chi connectivity index (χ0n) is 19.4. The summed E-state index contributed by atoms with van der Waals surface area (Å²) in [6, 6.07) is 10.0. The number of alkyl halides is 2. The number of halogens is 2. The number of ether oxygens (including phenoxy) is 2. The van der Waals surface area contributed by atoms with Crippen LogP contribution in [0.4, 0.5) is 8.78 Å². The topological polar surface area (TPSA) is 89.0 Å². The molecule has 0 radical (unpaired) electrons. The molecule has 0 aliphatic rings. The maximum Gasteiger partial charge on any atom is 0.387 e. The van der Waals surface area contributed by atoms with Crippen molar-refractivity contribution in [2.75, 3.05) is 0 Å². The van der Waals surface area contributed by atoms with Crippen molar-refractivity contribution in [2.24, 2.45) is 7.05 Å². The van der Waals surface area contributed by atoms with Gasteiger partial charge in [-0.3, -0.25) is 0 Å². The Morgan fingerprint density at radius 1 is 1.00 bits per heavy atom. The number of hydrogen-bond donors (Lipinski definition) is 0. The number of aromatic nitrogens is 6. The van der Waals surface area contributed by atoms with Crippen molar-refractivity contribution in [2.45, 2.75) is 40.9 Å². The number of rotatable bonds is 7. The molecule has 4 rings (SSSR count). The fraction of sp³-hybridized carbons (Fsp3) is 0.304. The van der Waals surface area contributed by atoms with Crippen LogP contribution in [0.2, 0.25) is 0 Å². The molecule has 2 heterocycles. The van der Waals surface area contributed by atoms with Gasteiger partial charge in [0.1, 0.15) is 18.1 Å². The maximum atomic E-state index is 13.0. The van der Waals surface area contributed by atoms with E-state index in [1.165, 1.54) is 19.2 Å². The Hall–Kier alpha value is -4.02. The van der Waals surface area contributed by atoms with Gasteiger partial charge in [-0.1, -0.05) is 6.07 Å². The van der Waals surface area contributed by atoms with E-state index < -0.39 is 12.3 Å². The van der Waals surface area contributed by atoms with E-state index in [1.807, 2.05) is 44.5 Å². The van der Waals surface area contributed by atoms with Crippen LogP contribution in [0.1, 0.15) is 28.1 Å². The van der Waals surface area contributed by atoms with Crippen LogP contribution >= 0.6 is 0 Å². The van der Waals surface area contributed by atoms with Crippen molar-refractivity contribution < 1.29 is 18.3 Å². The van der Waals surface area contributed by atoms with E-state index in [-0.39, 0.29) is 23.6 Å². The van der Waals surface area contributed by atoms with E-state index in [0.717, 1.165) is 37.6 Å². The highest BCUT2D eigenvalue weighted by Gasteiger charge is 2.19. The first-order valence-electron chi connectivity index (χ1n) is 10.5. The summed E-state index contributed by atoms with van der Waals surface area (Å²) in [5.41, 5.74) is 4.78. The van der Waals surface area contributed by atoms with E-state index in [2.05, 4.69) is 20.3 Å². The molecule has 0 N–H and O–H groups in total. The van der Waals surface area contributed by atoms with Crippen molar-refractivity contribution in [1.29, 1.82) is 0 Å². The molecule has 0 aliphatic carbocycles. The van der Waals surface area contributed by atoms with Gasteiger partial charge in [-0.25, -0.2) is 9.48 Å². The van der Waals surface area contributed by atoms with Crippen molar-refractivity contribution in [1.82, 2.24) is 29.6 Å². The molecule has 9 nitrogen and oxygen atoms in total. The van der Waals surface area contributed by atoms with Gasteiger partial charge in [-0.05, 0) is 79.6 Å². The number of hydrogen-bond acceptors (Lipinski definition) is 6. The summed E-state index contributed by atoms with van der Waals surface area (Å²) in [5.74, 6) is 0.434. The minimum absolute atomic E-state index is 0.113. The minimum Gasteiger partial charge on any atom is -0.488 e. The lowest BCUT2D eigenvalue weighted by Gasteiger charge is -2.16. The van der Waals surface area contributed by atoms with E-state index in [0.29, 0.717) is 5.75 Å². The third kappa shape index (κ3) is 4.28. The average molecular weight is 470 g/mol. The summed E-state index contributed by atoms with van der Waals surface area (Å²) in [6.07, 6.45) is 0. The van der Waals surface area contributed by atoms with Gasteiger partial charge in [0.2, 0.25) is 0 Å². The normalized spacial score (nSPS) is 11.3. The van der Waals surface area contributed by atoms with Gasteiger partial charge in [0.05, 0.1) is 22.6 Å². The van der Waals surface area contributed by atoms with Crippen LogP contribution in [0.3, 0.4) is 0 Å². The maximum absolute atomic E-state index is 13.0. The lowest BCUT2D eigenvalue weighted by molar-refractivity contribution is -0.0508. The van der Waals surface area contributed by atoms with Gasteiger partial charge < -0.3 is 9.47 Å². The van der Waals surface area contributed by atoms with Crippen LogP contribution in [-0.2, 0) is 13.7 Å². The standard InChI is InChI=1S/C23H24F2N6O3/c1-13-11-17(30-16(4)14(2)15(3)26-30)9-10-20(13)33-12-18-19(31-23(32)29(5)27-28-31)7-6-8-21(18)34-22(24)25/h6-11,22H,12H2,1-5H3. The van der Waals surface area contributed by atoms with Gasteiger partial charge in [-0.15, -0.1) is 0 Å². The third-order valence-electron chi connectivity index (χ3n) is 5.70. The molecule has 4 aromatic rings. The Balaban J connectivity index is 1.67. The molecule has 2 aromatic heterocycles. The van der Waals surface area contributed by atoms with Crippen LogP contribution in [0.5, 0.6) is 11.5 Å².